The fourth-order valence-corrected chi connectivity index (χ4v) is 0.796. The Hall–Kier alpha value is -0.660. The Kier molecular flexibility index (Phi) is 4.75. The zero-order valence-corrected chi connectivity index (χ0v) is 8.18. The Balaban J connectivity index is 3.80. The molecule has 0 spiro atoms. The molecule has 0 aliphatic rings. The summed E-state index contributed by atoms with van der Waals surface area (Å²) in [6, 6.07) is 0.329. The lowest BCUT2D eigenvalue weighted by Gasteiger charge is -2.02. The van der Waals surface area contributed by atoms with Crippen molar-refractivity contribution >= 4 is 11.4 Å². The van der Waals surface area contributed by atoms with Crippen molar-refractivity contribution < 1.29 is 0 Å². The first-order valence-electron chi connectivity index (χ1n) is 4.01. The summed E-state index contributed by atoms with van der Waals surface area (Å²) in [6.45, 7) is 10.9. The molecule has 0 aliphatic carbocycles. The third kappa shape index (κ3) is 7.23. The maximum atomic E-state index is 4.36. The topological polar surface area (TPSA) is 24.7 Å². The van der Waals surface area contributed by atoms with Crippen molar-refractivity contribution in [3.63, 3.8) is 0 Å². The van der Waals surface area contributed by atoms with Gasteiger partial charge in [-0.2, -0.15) is 0 Å². The highest BCUT2D eigenvalue weighted by Crippen LogP contribution is 1.92. The second-order valence-electron chi connectivity index (χ2n) is 3.21. The normalized spacial score (nSPS) is 12.1. The third-order valence-corrected chi connectivity index (χ3v) is 1.15. The van der Waals surface area contributed by atoms with Crippen LogP contribution >= 0.6 is 0 Å². The number of hydrogen-bond donors (Lipinski definition) is 0. The van der Waals surface area contributed by atoms with Crippen molar-refractivity contribution in [3.8, 4) is 0 Å². The van der Waals surface area contributed by atoms with Gasteiger partial charge in [0.1, 0.15) is 0 Å². The molecule has 0 N–H and O–H groups in total. The van der Waals surface area contributed by atoms with E-state index in [2.05, 4.69) is 16.9 Å². The molecule has 0 rings (SSSR count). The molecule has 1 unspecified atom stereocenters. The molecule has 1 atom stereocenters. The number of nitrogens with zero attached hydrogens (tertiary/aromatic N) is 2. The summed E-state index contributed by atoms with van der Waals surface area (Å²) in [6.07, 6.45) is 0. The van der Waals surface area contributed by atoms with Crippen LogP contribution in [0.25, 0.3) is 0 Å². The quantitative estimate of drug-likeness (QED) is 0.557. The lowest BCUT2D eigenvalue weighted by atomic mass is 10.3. The van der Waals surface area contributed by atoms with Crippen LogP contribution in [0.5, 0.6) is 0 Å². The Morgan fingerprint density at radius 2 is 1.64 bits per heavy atom. The minimum Gasteiger partial charge on any atom is -0.292 e. The molecule has 0 saturated heterocycles. The average molecular weight is 154 g/mol. The zero-order chi connectivity index (χ0) is 8.85. The van der Waals surface area contributed by atoms with E-state index in [4.69, 9.17) is 0 Å². The van der Waals surface area contributed by atoms with Gasteiger partial charge < -0.3 is 0 Å². The van der Waals surface area contributed by atoms with E-state index in [-0.39, 0.29) is 0 Å². The lowest BCUT2D eigenvalue weighted by molar-refractivity contribution is 0.754. The molecule has 0 fully saturated rings. The van der Waals surface area contributed by atoms with Crippen LogP contribution in [0.4, 0.5) is 0 Å². The van der Waals surface area contributed by atoms with E-state index in [1.807, 2.05) is 27.7 Å². The molecule has 11 heavy (non-hydrogen) atoms. The molecule has 0 aromatic carbocycles. The molecule has 2 heteroatoms. The highest BCUT2D eigenvalue weighted by atomic mass is 14.9. The molecular weight excluding hydrogens is 136 g/mol. The van der Waals surface area contributed by atoms with Gasteiger partial charge in [-0.05, 0) is 34.6 Å². The van der Waals surface area contributed by atoms with Crippen molar-refractivity contribution in [1.29, 1.82) is 0 Å². The van der Waals surface area contributed by atoms with E-state index in [0.717, 1.165) is 18.0 Å². The van der Waals surface area contributed by atoms with Gasteiger partial charge in [-0.25, -0.2) is 0 Å². The molecule has 0 heterocycles. The highest BCUT2D eigenvalue weighted by Gasteiger charge is 1.95. The van der Waals surface area contributed by atoms with Crippen LogP contribution in [0, 0.1) is 0 Å². The SMILES string of the molecule is CC(C)=NCC(C)N=C(C)C. The smallest absolute Gasteiger partial charge is 0.0665 e. The van der Waals surface area contributed by atoms with E-state index in [0.29, 0.717) is 6.04 Å². The summed E-state index contributed by atoms with van der Waals surface area (Å²) in [5, 5.41) is 0. The van der Waals surface area contributed by atoms with Crippen molar-refractivity contribution in [3.05, 3.63) is 0 Å². The van der Waals surface area contributed by atoms with Crippen LogP contribution in [0.2, 0.25) is 0 Å². The predicted octanol–water partition coefficient (Wildman–Crippen LogP) is 2.34. The Morgan fingerprint density at radius 3 is 2.00 bits per heavy atom. The van der Waals surface area contributed by atoms with Crippen LogP contribution < -0.4 is 0 Å². The summed E-state index contributed by atoms with van der Waals surface area (Å²) in [5.41, 5.74) is 2.25. The first-order valence-corrected chi connectivity index (χ1v) is 4.01. The van der Waals surface area contributed by atoms with E-state index >= 15 is 0 Å². The fourth-order valence-electron chi connectivity index (χ4n) is 0.796. The summed E-state index contributed by atoms with van der Waals surface area (Å²) >= 11 is 0. The third-order valence-electron chi connectivity index (χ3n) is 1.15. The van der Waals surface area contributed by atoms with Crippen molar-refractivity contribution in [2.24, 2.45) is 9.98 Å². The van der Waals surface area contributed by atoms with Crippen LogP contribution in [-0.2, 0) is 0 Å². The molecule has 0 aromatic rings. The first-order chi connectivity index (χ1) is 5.02. The van der Waals surface area contributed by atoms with E-state index in [1.54, 1.807) is 0 Å². The number of hydrogen-bond acceptors (Lipinski definition) is 2. The standard InChI is InChI=1S/C9H18N2/c1-7(2)10-6-9(5)11-8(3)4/h9H,6H2,1-5H3. The van der Waals surface area contributed by atoms with E-state index in [9.17, 15) is 0 Å². The summed E-state index contributed by atoms with van der Waals surface area (Å²) in [5.74, 6) is 0. The second kappa shape index (κ2) is 5.05. The summed E-state index contributed by atoms with van der Waals surface area (Å²) in [7, 11) is 0. The lowest BCUT2D eigenvalue weighted by Crippen LogP contribution is -2.06. The Labute approximate surface area is 69.4 Å². The maximum Gasteiger partial charge on any atom is 0.0665 e. The summed E-state index contributed by atoms with van der Waals surface area (Å²) in [4.78, 5) is 8.65. The van der Waals surface area contributed by atoms with Crippen LogP contribution in [0.1, 0.15) is 34.6 Å². The zero-order valence-electron chi connectivity index (χ0n) is 8.18. The number of aliphatic imine (C=N–C) groups is 2. The highest BCUT2D eigenvalue weighted by molar-refractivity contribution is 5.80. The van der Waals surface area contributed by atoms with Gasteiger partial charge in [-0.15, -0.1) is 0 Å². The molecule has 0 amide bonds. The molecule has 2 nitrogen and oxygen atoms in total. The Bertz CT molecular complexity index is 160. The van der Waals surface area contributed by atoms with Gasteiger partial charge in [0.25, 0.3) is 0 Å². The first kappa shape index (κ1) is 10.3. The van der Waals surface area contributed by atoms with Gasteiger partial charge in [0, 0.05) is 11.4 Å². The van der Waals surface area contributed by atoms with Crippen LogP contribution in [0.3, 0.4) is 0 Å². The fraction of sp³-hybridized carbons (Fsp3) is 0.778. The van der Waals surface area contributed by atoms with E-state index < -0.39 is 0 Å². The molecule has 64 valence electrons. The summed E-state index contributed by atoms with van der Waals surface area (Å²) < 4.78 is 0. The van der Waals surface area contributed by atoms with Gasteiger partial charge in [-0.1, -0.05) is 0 Å². The van der Waals surface area contributed by atoms with Crippen molar-refractivity contribution in [2.75, 3.05) is 6.54 Å². The molecule has 0 saturated carbocycles. The second-order valence-corrected chi connectivity index (χ2v) is 3.21. The van der Waals surface area contributed by atoms with Crippen molar-refractivity contribution in [2.45, 2.75) is 40.7 Å². The molecule has 0 aliphatic heterocycles. The van der Waals surface area contributed by atoms with Gasteiger partial charge in [-0.3, -0.25) is 9.98 Å². The maximum absolute atomic E-state index is 4.36. The van der Waals surface area contributed by atoms with E-state index in [1.165, 1.54) is 0 Å². The average Bonchev–Trinajstić information content (AvgIpc) is 1.82. The van der Waals surface area contributed by atoms with Gasteiger partial charge >= 0.3 is 0 Å². The molecule has 0 aromatic heterocycles. The molecule has 0 radical (unpaired) electrons. The van der Waals surface area contributed by atoms with Crippen molar-refractivity contribution in [1.82, 2.24) is 0 Å². The molecule has 0 bridgehead atoms. The van der Waals surface area contributed by atoms with Crippen LogP contribution in [0.15, 0.2) is 9.98 Å². The van der Waals surface area contributed by atoms with Gasteiger partial charge in [0.15, 0.2) is 0 Å². The number of rotatable bonds is 3. The minimum atomic E-state index is 0.329. The van der Waals surface area contributed by atoms with Gasteiger partial charge in [0.05, 0.1) is 12.6 Å². The van der Waals surface area contributed by atoms with Gasteiger partial charge in [0.2, 0.25) is 0 Å². The Morgan fingerprint density at radius 1 is 1.09 bits per heavy atom. The molecular formula is C9H18N2. The monoisotopic (exact) mass is 154 g/mol. The predicted molar refractivity (Wildman–Crippen MR) is 51.9 cm³/mol. The minimum absolute atomic E-state index is 0.329. The largest absolute Gasteiger partial charge is 0.292 e. The van der Waals surface area contributed by atoms with Crippen LogP contribution in [-0.4, -0.2) is 24.0 Å².